The first-order valence-corrected chi connectivity index (χ1v) is 12.9. The second-order valence-corrected chi connectivity index (χ2v) is 10.7. The van der Waals surface area contributed by atoms with E-state index in [9.17, 15) is 9.59 Å². The van der Waals surface area contributed by atoms with Gasteiger partial charge < -0.3 is 4.90 Å². The maximum atomic E-state index is 13.9. The summed E-state index contributed by atoms with van der Waals surface area (Å²) >= 11 is 1.58. The zero-order valence-corrected chi connectivity index (χ0v) is 20.2. The third kappa shape index (κ3) is 4.67. The Balaban J connectivity index is 1.47. The fourth-order valence-corrected chi connectivity index (χ4v) is 5.74. The third-order valence-electron chi connectivity index (χ3n) is 6.75. The van der Waals surface area contributed by atoms with Crippen LogP contribution < -0.4 is 4.90 Å². The van der Waals surface area contributed by atoms with Crippen LogP contribution in [0, 0.1) is 11.8 Å². The van der Waals surface area contributed by atoms with Crippen LogP contribution in [0.25, 0.3) is 10.2 Å². The number of likely N-dealkylation sites (tertiary alicyclic amines) is 1. The number of aromatic nitrogens is 1. The highest BCUT2D eigenvalue weighted by Crippen LogP contribution is 2.36. The lowest BCUT2D eigenvalue weighted by Crippen LogP contribution is -2.47. The Kier molecular flexibility index (Phi) is 6.19. The van der Waals surface area contributed by atoms with Gasteiger partial charge in [-0.05, 0) is 48.8 Å². The molecule has 1 unspecified atom stereocenters. The molecule has 33 heavy (non-hydrogen) atoms. The fraction of sp³-hybridized carbons (Fsp3) is 0.444. The van der Waals surface area contributed by atoms with Crippen molar-refractivity contribution in [3.05, 3.63) is 59.7 Å². The predicted octanol–water partition coefficient (Wildman–Crippen LogP) is 5.60. The topological polar surface area (TPSA) is 53.5 Å². The maximum Gasteiger partial charge on any atom is 0.233 e. The molecule has 3 aromatic rings. The van der Waals surface area contributed by atoms with E-state index in [2.05, 4.69) is 44.2 Å². The van der Waals surface area contributed by atoms with Crippen LogP contribution in [0.3, 0.4) is 0 Å². The highest BCUT2D eigenvalue weighted by atomic mass is 32.1. The van der Waals surface area contributed by atoms with Crippen molar-refractivity contribution in [1.82, 2.24) is 9.88 Å². The molecule has 2 heterocycles. The SMILES string of the molecule is CC(C)c1cccc2sc(N(Cc3ccccc3)C(=O)C3CCCN(C(=O)C4CC4)C3)nc12. The summed E-state index contributed by atoms with van der Waals surface area (Å²) in [7, 11) is 0. The van der Waals surface area contributed by atoms with Gasteiger partial charge in [0.05, 0.1) is 22.7 Å². The second-order valence-electron chi connectivity index (χ2n) is 9.65. The average molecular weight is 462 g/mol. The minimum Gasteiger partial charge on any atom is -0.342 e. The largest absolute Gasteiger partial charge is 0.342 e. The van der Waals surface area contributed by atoms with E-state index in [0.29, 0.717) is 19.0 Å². The molecule has 0 bridgehead atoms. The second kappa shape index (κ2) is 9.26. The smallest absolute Gasteiger partial charge is 0.233 e. The molecular weight excluding hydrogens is 430 g/mol. The number of carbonyl (C=O) groups is 2. The van der Waals surface area contributed by atoms with Gasteiger partial charge in [-0.1, -0.05) is 67.6 Å². The number of anilines is 1. The predicted molar refractivity (Wildman–Crippen MR) is 133 cm³/mol. The standard InChI is InChI=1S/C27H31N3O2S/c1-18(2)22-11-6-12-23-24(22)28-27(33-23)30(16-19-8-4-3-5-9-19)26(32)21-10-7-15-29(17-21)25(31)20-13-14-20/h3-6,8-9,11-12,18,20-21H,7,10,13-17H2,1-2H3. The van der Waals surface area contributed by atoms with Crippen molar-refractivity contribution in [3.8, 4) is 0 Å². The van der Waals surface area contributed by atoms with E-state index in [-0.39, 0.29) is 23.7 Å². The summed E-state index contributed by atoms with van der Waals surface area (Å²) in [5, 5.41) is 0.748. The van der Waals surface area contributed by atoms with Crippen LogP contribution in [0.1, 0.15) is 56.6 Å². The number of hydrogen-bond acceptors (Lipinski definition) is 4. The monoisotopic (exact) mass is 461 g/mol. The van der Waals surface area contributed by atoms with Crippen LogP contribution in [-0.4, -0.2) is 34.8 Å². The van der Waals surface area contributed by atoms with Gasteiger partial charge in [0.15, 0.2) is 5.13 Å². The summed E-state index contributed by atoms with van der Waals surface area (Å²) in [4.78, 5) is 35.3. The van der Waals surface area contributed by atoms with Gasteiger partial charge in [-0.15, -0.1) is 0 Å². The van der Waals surface area contributed by atoms with E-state index < -0.39 is 0 Å². The number of thiazole rings is 1. The van der Waals surface area contributed by atoms with Crippen LogP contribution in [0.4, 0.5) is 5.13 Å². The summed E-state index contributed by atoms with van der Waals surface area (Å²) in [5.74, 6) is 0.697. The average Bonchev–Trinajstić information content (AvgIpc) is 3.60. The zero-order chi connectivity index (χ0) is 22.9. The van der Waals surface area contributed by atoms with Gasteiger partial charge in [0.1, 0.15) is 0 Å². The Hall–Kier alpha value is -2.73. The molecule has 0 radical (unpaired) electrons. The molecule has 2 aromatic carbocycles. The molecule has 2 fully saturated rings. The van der Waals surface area contributed by atoms with E-state index >= 15 is 0 Å². The third-order valence-corrected chi connectivity index (χ3v) is 7.79. The summed E-state index contributed by atoms with van der Waals surface area (Å²) < 4.78 is 1.11. The van der Waals surface area contributed by atoms with E-state index in [1.165, 1.54) is 5.56 Å². The molecule has 5 rings (SSSR count). The van der Waals surface area contributed by atoms with Gasteiger partial charge in [-0.2, -0.15) is 0 Å². The number of benzene rings is 2. The van der Waals surface area contributed by atoms with Gasteiger partial charge in [0, 0.05) is 19.0 Å². The number of hydrogen-bond donors (Lipinski definition) is 0. The molecule has 6 heteroatoms. The first kappa shape index (κ1) is 22.1. The van der Waals surface area contributed by atoms with Gasteiger partial charge in [-0.25, -0.2) is 4.98 Å². The molecule has 2 aliphatic rings. The van der Waals surface area contributed by atoms with E-state index in [1.807, 2.05) is 28.0 Å². The van der Waals surface area contributed by atoms with Crippen molar-refractivity contribution in [3.63, 3.8) is 0 Å². The van der Waals surface area contributed by atoms with Crippen LogP contribution in [0.2, 0.25) is 0 Å². The van der Waals surface area contributed by atoms with Crippen LogP contribution in [-0.2, 0) is 16.1 Å². The molecule has 1 saturated carbocycles. The highest BCUT2D eigenvalue weighted by molar-refractivity contribution is 7.22. The molecule has 172 valence electrons. The molecule has 0 N–H and O–H groups in total. The van der Waals surface area contributed by atoms with E-state index in [0.717, 1.165) is 53.1 Å². The lowest BCUT2D eigenvalue weighted by molar-refractivity contribution is -0.136. The minimum atomic E-state index is -0.179. The Morgan fingerprint density at radius 1 is 1.06 bits per heavy atom. The van der Waals surface area contributed by atoms with Gasteiger partial charge in [0.2, 0.25) is 11.8 Å². The molecule has 1 saturated heterocycles. The summed E-state index contributed by atoms with van der Waals surface area (Å²) in [6.07, 6.45) is 3.70. The van der Waals surface area contributed by atoms with Gasteiger partial charge in [-0.3, -0.25) is 14.5 Å². The van der Waals surface area contributed by atoms with Gasteiger partial charge in [0.25, 0.3) is 0 Å². The van der Waals surface area contributed by atoms with Crippen LogP contribution in [0.15, 0.2) is 48.5 Å². The van der Waals surface area contributed by atoms with Crippen molar-refractivity contribution in [2.45, 2.75) is 52.0 Å². The normalized spacial score (nSPS) is 18.6. The van der Waals surface area contributed by atoms with Crippen molar-refractivity contribution in [2.75, 3.05) is 18.0 Å². The lowest BCUT2D eigenvalue weighted by atomic mass is 9.96. The van der Waals surface area contributed by atoms with Crippen molar-refractivity contribution < 1.29 is 9.59 Å². The summed E-state index contributed by atoms with van der Waals surface area (Å²) in [6, 6.07) is 16.4. The summed E-state index contributed by atoms with van der Waals surface area (Å²) in [6.45, 7) is 6.14. The number of piperidine rings is 1. The number of carbonyl (C=O) groups excluding carboxylic acids is 2. The number of para-hydroxylation sites is 1. The fourth-order valence-electron chi connectivity index (χ4n) is 4.73. The Bertz CT molecular complexity index is 1150. The Labute approximate surface area is 199 Å². The van der Waals surface area contributed by atoms with Crippen LogP contribution >= 0.6 is 11.3 Å². The molecule has 2 amide bonds. The zero-order valence-electron chi connectivity index (χ0n) is 19.4. The Morgan fingerprint density at radius 2 is 1.85 bits per heavy atom. The minimum absolute atomic E-state index is 0.0808. The van der Waals surface area contributed by atoms with Crippen LogP contribution in [0.5, 0.6) is 0 Å². The highest BCUT2D eigenvalue weighted by Gasteiger charge is 2.38. The first-order valence-electron chi connectivity index (χ1n) is 12.0. The molecule has 1 atom stereocenters. The quantitative estimate of drug-likeness (QED) is 0.480. The van der Waals surface area contributed by atoms with E-state index in [4.69, 9.17) is 4.98 Å². The molecule has 1 aliphatic carbocycles. The number of amides is 2. The number of fused-ring (bicyclic) bond motifs is 1. The van der Waals surface area contributed by atoms with Crippen molar-refractivity contribution >= 4 is 38.5 Å². The molecular formula is C27H31N3O2S. The van der Waals surface area contributed by atoms with E-state index in [1.54, 1.807) is 11.3 Å². The Morgan fingerprint density at radius 3 is 2.58 bits per heavy atom. The molecule has 1 aliphatic heterocycles. The number of nitrogens with zero attached hydrogens (tertiary/aromatic N) is 3. The summed E-state index contributed by atoms with van der Waals surface area (Å²) in [5.41, 5.74) is 3.28. The maximum absolute atomic E-state index is 13.9. The van der Waals surface area contributed by atoms with Crippen molar-refractivity contribution in [2.24, 2.45) is 11.8 Å². The van der Waals surface area contributed by atoms with Gasteiger partial charge >= 0.3 is 0 Å². The molecule has 5 nitrogen and oxygen atoms in total. The lowest BCUT2D eigenvalue weighted by Gasteiger charge is -2.34. The molecule has 0 spiro atoms. The first-order chi connectivity index (χ1) is 16.0. The molecule has 1 aromatic heterocycles. The van der Waals surface area contributed by atoms with Crippen molar-refractivity contribution in [1.29, 1.82) is 0 Å². The number of rotatable bonds is 6.